The van der Waals surface area contributed by atoms with Crippen molar-refractivity contribution in [1.29, 1.82) is 0 Å². The van der Waals surface area contributed by atoms with Gasteiger partial charge >= 0.3 is 0 Å². The van der Waals surface area contributed by atoms with E-state index in [1.54, 1.807) is 0 Å². The smallest absolute Gasteiger partial charge is 0.177 e. The van der Waals surface area contributed by atoms with Gasteiger partial charge in [-0.2, -0.15) is 0 Å². The van der Waals surface area contributed by atoms with E-state index in [4.69, 9.17) is 16.3 Å². The molecular formula is C9H7BrClFO2. The standard InChI is InChI=1S/C9H7BrClFO2/c1-14-9-6(8(13)4-10)2-5(12)3-7(9)11/h2-3H,4H2,1H3. The molecule has 14 heavy (non-hydrogen) atoms. The van der Waals surface area contributed by atoms with E-state index in [9.17, 15) is 9.18 Å². The lowest BCUT2D eigenvalue weighted by atomic mass is 10.1. The van der Waals surface area contributed by atoms with Crippen LogP contribution in [0.25, 0.3) is 0 Å². The van der Waals surface area contributed by atoms with Crippen molar-refractivity contribution >= 4 is 33.3 Å². The third kappa shape index (κ3) is 2.25. The molecule has 0 unspecified atom stereocenters. The topological polar surface area (TPSA) is 26.3 Å². The van der Waals surface area contributed by atoms with E-state index in [2.05, 4.69) is 15.9 Å². The number of carbonyl (C=O) groups excluding carboxylic acids is 1. The van der Waals surface area contributed by atoms with Gasteiger partial charge in [0.15, 0.2) is 5.78 Å². The molecule has 0 fully saturated rings. The van der Waals surface area contributed by atoms with E-state index in [1.807, 2.05) is 0 Å². The van der Waals surface area contributed by atoms with Gasteiger partial charge in [-0.15, -0.1) is 0 Å². The monoisotopic (exact) mass is 280 g/mol. The van der Waals surface area contributed by atoms with Crippen molar-refractivity contribution in [2.45, 2.75) is 0 Å². The maximum Gasteiger partial charge on any atom is 0.177 e. The van der Waals surface area contributed by atoms with Crippen LogP contribution in [0.5, 0.6) is 5.75 Å². The van der Waals surface area contributed by atoms with Crippen molar-refractivity contribution < 1.29 is 13.9 Å². The fourth-order valence-corrected chi connectivity index (χ4v) is 1.63. The lowest BCUT2D eigenvalue weighted by Gasteiger charge is -2.08. The van der Waals surface area contributed by atoms with Gasteiger partial charge in [0.2, 0.25) is 0 Å². The van der Waals surface area contributed by atoms with Crippen LogP contribution in [0.1, 0.15) is 10.4 Å². The van der Waals surface area contributed by atoms with Crippen LogP contribution < -0.4 is 4.74 Å². The molecule has 0 N–H and O–H groups in total. The molecule has 0 aliphatic carbocycles. The predicted octanol–water partition coefficient (Wildman–Crippen LogP) is 3.07. The zero-order chi connectivity index (χ0) is 10.7. The first kappa shape index (κ1) is 11.5. The van der Waals surface area contributed by atoms with Crippen LogP contribution in [-0.4, -0.2) is 18.2 Å². The summed E-state index contributed by atoms with van der Waals surface area (Å²) in [6.45, 7) is 0. The average molecular weight is 282 g/mol. The number of halogens is 3. The zero-order valence-corrected chi connectivity index (χ0v) is 9.65. The normalized spacial score (nSPS) is 10.0. The Labute approximate surface area is 94.1 Å². The fraction of sp³-hybridized carbons (Fsp3) is 0.222. The highest BCUT2D eigenvalue weighted by molar-refractivity contribution is 9.09. The number of methoxy groups -OCH3 is 1. The first-order chi connectivity index (χ1) is 6.60. The van der Waals surface area contributed by atoms with Crippen molar-refractivity contribution in [1.82, 2.24) is 0 Å². The van der Waals surface area contributed by atoms with Crippen LogP contribution >= 0.6 is 27.5 Å². The fourth-order valence-electron chi connectivity index (χ4n) is 1.05. The molecule has 0 radical (unpaired) electrons. The van der Waals surface area contributed by atoms with Gasteiger partial charge in [0, 0.05) is 0 Å². The molecule has 1 aromatic carbocycles. The molecule has 0 aliphatic heterocycles. The molecule has 0 atom stereocenters. The lowest BCUT2D eigenvalue weighted by Crippen LogP contribution is -2.04. The molecule has 0 saturated heterocycles. The van der Waals surface area contributed by atoms with Gasteiger partial charge in [-0.25, -0.2) is 4.39 Å². The van der Waals surface area contributed by atoms with Crippen LogP contribution in [-0.2, 0) is 0 Å². The molecule has 1 rings (SSSR count). The summed E-state index contributed by atoms with van der Waals surface area (Å²) in [6, 6.07) is 2.21. The Balaban J connectivity index is 3.32. The second-order valence-corrected chi connectivity index (χ2v) is 3.49. The van der Waals surface area contributed by atoms with E-state index in [0.717, 1.165) is 12.1 Å². The number of rotatable bonds is 3. The third-order valence-corrected chi connectivity index (χ3v) is 2.42. The second kappa shape index (κ2) is 4.75. The Morgan fingerprint density at radius 2 is 2.29 bits per heavy atom. The number of carbonyl (C=O) groups is 1. The number of hydrogen-bond donors (Lipinski definition) is 0. The Hall–Kier alpha value is -0.610. The minimum Gasteiger partial charge on any atom is -0.494 e. The minimum atomic E-state index is -0.555. The second-order valence-electron chi connectivity index (χ2n) is 2.53. The summed E-state index contributed by atoms with van der Waals surface area (Å²) in [4.78, 5) is 11.3. The quantitative estimate of drug-likeness (QED) is 0.629. The van der Waals surface area contributed by atoms with Crippen molar-refractivity contribution in [2.75, 3.05) is 12.4 Å². The first-order valence-electron chi connectivity index (χ1n) is 3.72. The van der Waals surface area contributed by atoms with Gasteiger partial charge in [0.1, 0.15) is 11.6 Å². The maximum absolute atomic E-state index is 12.9. The van der Waals surface area contributed by atoms with Crippen LogP contribution in [0.15, 0.2) is 12.1 Å². The highest BCUT2D eigenvalue weighted by atomic mass is 79.9. The largest absolute Gasteiger partial charge is 0.494 e. The SMILES string of the molecule is COc1c(Cl)cc(F)cc1C(=O)CBr. The molecule has 0 saturated carbocycles. The van der Waals surface area contributed by atoms with E-state index in [0.29, 0.717) is 0 Å². The van der Waals surface area contributed by atoms with Crippen LogP contribution in [0, 0.1) is 5.82 Å². The number of ketones is 1. The molecule has 0 aliphatic rings. The van der Waals surface area contributed by atoms with Gasteiger partial charge in [-0.1, -0.05) is 27.5 Å². The Morgan fingerprint density at radius 3 is 2.79 bits per heavy atom. The van der Waals surface area contributed by atoms with E-state index >= 15 is 0 Å². The maximum atomic E-state index is 12.9. The van der Waals surface area contributed by atoms with Crippen molar-refractivity contribution in [3.8, 4) is 5.75 Å². The summed E-state index contributed by atoms with van der Waals surface area (Å²) < 4.78 is 17.8. The van der Waals surface area contributed by atoms with E-state index in [1.165, 1.54) is 7.11 Å². The van der Waals surface area contributed by atoms with Crippen molar-refractivity contribution in [3.63, 3.8) is 0 Å². The molecule has 0 aromatic heterocycles. The summed E-state index contributed by atoms with van der Waals surface area (Å²) in [5, 5.41) is 0.195. The summed E-state index contributed by atoms with van der Waals surface area (Å²) in [6.07, 6.45) is 0. The highest BCUT2D eigenvalue weighted by Crippen LogP contribution is 2.30. The van der Waals surface area contributed by atoms with Crippen molar-refractivity contribution in [3.05, 3.63) is 28.5 Å². The Morgan fingerprint density at radius 1 is 1.64 bits per heavy atom. The van der Waals surface area contributed by atoms with Gasteiger partial charge in [-0.05, 0) is 12.1 Å². The van der Waals surface area contributed by atoms with Gasteiger partial charge in [0.05, 0.1) is 23.0 Å². The zero-order valence-electron chi connectivity index (χ0n) is 7.31. The third-order valence-electron chi connectivity index (χ3n) is 1.63. The molecule has 0 heterocycles. The molecule has 0 spiro atoms. The molecule has 2 nitrogen and oxygen atoms in total. The summed E-state index contributed by atoms with van der Waals surface area (Å²) >= 11 is 8.70. The molecule has 0 bridgehead atoms. The highest BCUT2D eigenvalue weighted by Gasteiger charge is 2.15. The minimum absolute atomic E-state index is 0.0943. The molecule has 1 aromatic rings. The number of hydrogen-bond acceptors (Lipinski definition) is 2. The van der Waals surface area contributed by atoms with Crippen LogP contribution in [0.4, 0.5) is 4.39 Å². The van der Waals surface area contributed by atoms with E-state index < -0.39 is 5.82 Å². The molecular weight excluding hydrogens is 274 g/mol. The number of benzene rings is 1. The number of alkyl halides is 1. The van der Waals surface area contributed by atoms with Gasteiger partial charge < -0.3 is 4.74 Å². The Bertz CT molecular complexity index is 368. The van der Waals surface area contributed by atoms with Crippen LogP contribution in [0.2, 0.25) is 5.02 Å². The average Bonchev–Trinajstić information content (AvgIpc) is 2.15. The van der Waals surface area contributed by atoms with Crippen LogP contribution in [0.3, 0.4) is 0 Å². The van der Waals surface area contributed by atoms with Gasteiger partial charge in [0.25, 0.3) is 0 Å². The first-order valence-corrected chi connectivity index (χ1v) is 5.22. The van der Waals surface area contributed by atoms with Gasteiger partial charge in [-0.3, -0.25) is 4.79 Å². The van der Waals surface area contributed by atoms with E-state index in [-0.39, 0.29) is 27.4 Å². The molecule has 5 heteroatoms. The summed E-state index contributed by atoms with van der Waals surface area (Å²) in [7, 11) is 1.38. The molecule has 0 amide bonds. The predicted molar refractivity (Wildman–Crippen MR) is 56.1 cm³/mol. The lowest BCUT2D eigenvalue weighted by molar-refractivity contribution is 0.102. The Kier molecular flexibility index (Phi) is 3.89. The molecule has 76 valence electrons. The summed E-state index contributed by atoms with van der Waals surface area (Å²) in [5.41, 5.74) is 0.148. The van der Waals surface area contributed by atoms with Crippen molar-refractivity contribution in [2.24, 2.45) is 0 Å². The number of Topliss-reactive ketones (excluding diaryl/α,β-unsaturated/α-hetero) is 1. The summed E-state index contributed by atoms with van der Waals surface area (Å²) in [5.74, 6) is -0.624. The number of ether oxygens (including phenoxy) is 1.